The molecule has 0 saturated heterocycles. The number of aromatic nitrogens is 2. The monoisotopic (exact) mass is 610 g/mol. The number of benzene rings is 3. The Kier molecular flexibility index (Phi) is 7.84. The number of sulfonamides is 1. The highest BCUT2D eigenvalue weighted by molar-refractivity contribution is 7.92. The van der Waals surface area contributed by atoms with Gasteiger partial charge in [0.05, 0.1) is 22.3 Å². The lowest BCUT2D eigenvalue weighted by atomic mass is 9.96. The summed E-state index contributed by atoms with van der Waals surface area (Å²) in [6.45, 7) is 3.27. The summed E-state index contributed by atoms with van der Waals surface area (Å²) in [6, 6.07) is 15.5. The van der Waals surface area contributed by atoms with Crippen LogP contribution in [0.2, 0.25) is 0 Å². The fraction of sp³-hybridized carbons (Fsp3) is 0.167. The maximum absolute atomic E-state index is 13.6. The van der Waals surface area contributed by atoms with Crippen LogP contribution in [0.3, 0.4) is 0 Å². The molecule has 222 valence electrons. The Hall–Kier alpha value is -4.91. The lowest BCUT2D eigenvalue weighted by Gasteiger charge is -2.21. The topological polar surface area (TPSA) is 119 Å². The number of rotatable bonds is 8. The van der Waals surface area contributed by atoms with Gasteiger partial charge in [-0.05, 0) is 61.4 Å². The van der Waals surface area contributed by atoms with Crippen molar-refractivity contribution < 1.29 is 35.3 Å². The molecule has 0 spiro atoms. The van der Waals surface area contributed by atoms with Gasteiger partial charge < -0.3 is 13.8 Å². The molecular weight excluding hydrogens is 585 g/mol. The van der Waals surface area contributed by atoms with Gasteiger partial charge in [0.25, 0.3) is 15.9 Å². The minimum Gasteiger partial charge on any atom is -0.445 e. The molecule has 0 fully saturated rings. The number of carbonyl (C=O) groups excluding carboxylic acids is 1. The highest BCUT2D eigenvalue weighted by Gasteiger charge is 2.31. The van der Waals surface area contributed by atoms with E-state index in [2.05, 4.69) is 14.9 Å². The standard InChI is InChI=1S/C30H25F3N4O5S/c1-18-19(2)35-42-27(18)36-43(39,40)26-10-5-4-9-25(26)24-12-11-20(28-34-13-14-41-28)15-22(24)17-37(3)29(38)21-7-6-8-23(16-21)30(31,32)33/h4-16,36H,17H2,1-3H3. The van der Waals surface area contributed by atoms with Crippen LogP contribution in [0.5, 0.6) is 0 Å². The molecule has 9 nitrogen and oxygen atoms in total. The fourth-order valence-electron chi connectivity index (χ4n) is 4.47. The van der Waals surface area contributed by atoms with Crippen molar-refractivity contribution >= 4 is 21.8 Å². The second kappa shape index (κ2) is 11.4. The fourth-order valence-corrected chi connectivity index (χ4v) is 5.74. The molecule has 43 heavy (non-hydrogen) atoms. The molecule has 2 aromatic heterocycles. The van der Waals surface area contributed by atoms with Gasteiger partial charge >= 0.3 is 6.18 Å². The van der Waals surface area contributed by atoms with Crippen molar-refractivity contribution in [3.8, 4) is 22.6 Å². The Morgan fingerprint density at radius 3 is 2.44 bits per heavy atom. The van der Waals surface area contributed by atoms with Crippen LogP contribution in [-0.2, 0) is 22.7 Å². The van der Waals surface area contributed by atoms with Gasteiger partial charge in [0.2, 0.25) is 11.8 Å². The number of hydrogen-bond donors (Lipinski definition) is 1. The smallest absolute Gasteiger partial charge is 0.416 e. The number of halogens is 3. The van der Waals surface area contributed by atoms with E-state index in [1.54, 1.807) is 50.2 Å². The van der Waals surface area contributed by atoms with Gasteiger partial charge in [-0.3, -0.25) is 4.79 Å². The van der Waals surface area contributed by atoms with E-state index in [4.69, 9.17) is 8.94 Å². The number of hydrogen-bond acceptors (Lipinski definition) is 7. The molecule has 0 unspecified atom stereocenters. The lowest BCUT2D eigenvalue weighted by molar-refractivity contribution is -0.137. The summed E-state index contributed by atoms with van der Waals surface area (Å²) in [6.07, 6.45) is -1.75. The highest BCUT2D eigenvalue weighted by Crippen LogP contribution is 2.35. The predicted octanol–water partition coefficient (Wildman–Crippen LogP) is 6.71. The molecule has 0 bridgehead atoms. The van der Waals surface area contributed by atoms with Crippen molar-refractivity contribution in [1.82, 2.24) is 15.0 Å². The van der Waals surface area contributed by atoms with Gasteiger partial charge in [-0.25, -0.2) is 18.1 Å². The molecule has 13 heteroatoms. The van der Waals surface area contributed by atoms with E-state index in [-0.39, 0.29) is 22.9 Å². The lowest BCUT2D eigenvalue weighted by Crippen LogP contribution is -2.27. The van der Waals surface area contributed by atoms with E-state index in [9.17, 15) is 26.4 Å². The third-order valence-electron chi connectivity index (χ3n) is 6.83. The highest BCUT2D eigenvalue weighted by atomic mass is 32.2. The second-order valence-corrected chi connectivity index (χ2v) is 11.4. The SMILES string of the molecule is Cc1noc(NS(=O)(=O)c2ccccc2-c2ccc(-c3ncco3)cc2CN(C)C(=O)c2cccc(C(F)(F)F)c2)c1C. The maximum Gasteiger partial charge on any atom is 0.416 e. The number of oxazole rings is 1. The molecule has 1 N–H and O–H groups in total. The average Bonchev–Trinajstić information content (AvgIpc) is 3.63. The first-order valence-electron chi connectivity index (χ1n) is 12.9. The van der Waals surface area contributed by atoms with Crippen LogP contribution in [0.1, 0.15) is 32.7 Å². The van der Waals surface area contributed by atoms with E-state index in [0.717, 1.165) is 12.1 Å². The van der Waals surface area contributed by atoms with Crippen LogP contribution in [-0.4, -0.2) is 36.4 Å². The minimum atomic E-state index is -4.61. The van der Waals surface area contributed by atoms with Crippen molar-refractivity contribution in [2.24, 2.45) is 0 Å². The van der Waals surface area contributed by atoms with Crippen LogP contribution in [0, 0.1) is 13.8 Å². The summed E-state index contributed by atoms with van der Waals surface area (Å²) in [4.78, 5) is 18.6. The molecule has 0 aliphatic carbocycles. The van der Waals surface area contributed by atoms with Crippen LogP contribution < -0.4 is 4.72 Å². The first-order valence-corrected chi connectivity index (χ1v) is 14.3. The number of amides is 1. The van der Waals surface area contributed by atoms with E-state index < -0.39 is 27.7 Å². The van der Waals surface area contributed by atoms with Crippen molar-refractivity contribution in [1.29, 1.82) is 0 Å². The normalized spacial score (nSPS) is 11.9. The Bertz CT molecular complexity index is 1900. The second-order valence-electron chi connectivity index (χ2n) is 9.77. The van der Waals surface area contributed by atoms with Gasteiger partial charge in [0, 0.05) is 35.8 Å². The van der Waals surface area contributed by atoms with Crippen molar-refractivity contribution in [2.45, 2.75) is 31.5 Å². The van der Waals surface area contributed by atoms with Crippen LogP contribution in [0.25, 0.3) is 22.6 Å². The number of nitrogens with one attached hydrogen (secondary N) is 1. The number of carbonyl (C=O) groups is 1. The molecule has 5 aromatic rings. The van der Waals surface area contributed by atoms with E-state index in [0.29, 0.717) is 39.4 Å². The summed E-state index contributed by atoms with van der Waals surface area (Å²) in [5.74, 6) is -0.381. The summed E-state index contributed by atoms with van der Waals surface area (Å²) in [7, 11) is -2.73. The minimum absolute atomic E-state index is 0.0156. The molecule has 2 heterocycles. The molecule has 1 amide bonds. The molecule has 0 atom stereocenters. The first-order chi connectivity index (χ1) is 20.3. The number of aryl methyl sites for hydroxylation is 1. The molecule has 0 aliphatic heterocycles. The number of alkyl halides is 3. The van der Waals surface area contributed by atoms with Gasteiger partial charge in [0.1, 0.15) is 6.26 Å². The predicted molar refractivity (Wildman–Crippen MR) is 151 cm³/mol. The molecule has 3 aromatic carbocycles. The van der Waals surface area contributed by atoms with Crippen molar-refractivity contribution in [3.63, 3.8) is 0 Å². The summed E-state index contributed by atoms with van der Waals surface area (Å²) < 4.78 is 80.0. The Labute approximate surface area is 245 Å². The number of anilines is 1. The van der Waals surface area contributed by atoms with Gasteiger partial charge in [-0.1, -0.05) is 35.5 Å². The zero-order valence-electron chi connectivity index (χ0n) is 23.1. The Morgan fingerprint density at radius 2 is 1.77 bits per heavy atom. The molecular formula is C30H25F3N4O5S. The largest absolute Gasteiger partial charge is 0.445 e. The Morgan fingerprint density at radius 1 is 1.00 bits per heavy atom. The van der Waals surface area contributed by atoms with Gasteiger partial charge in [-0.15, -0.1) is 0 Å². The molecule has 5 rings (SSSR count). The third kappa shape index (κ3) is 6.16. The van der Waals surface area contributed by atoms with Crippen LogP contribution in [0.4, 0.5) is 19.1 Å². The zero-order chi connectivity index (χ0) is 30.9. The third-order valence-corrected chi connectivity index (χ3v) is 8.22. The van der Waals surface area contributed by atoms with E-state index in [1.807, 2.05) is 0 Å². The van der Waals surface area contributed by atoms with Crippen LogP contribution >= 0.6 is 0 Å². The van der Waals surface area contributed by atoms with E-state index in [1.165, 1.54) is 42.6 Å². The van der Waals surface area contributed by atoms with Crippen molar-refractivity contribution in [3.05, 3.63) is 107 Å². The zero-order valence-corrected chi connectivity index (χ0v) is 24.0. The van der Waals surface area contributed by atoms with E-state index >= 15 is 0 Å². The Balaban J connectivity index is 1.56. The van der Waals surface area contributed by atoms with Crippen molar-refractivity contribution in [2.75, 3.05) is 11.8 Å². The maximum atomic E-state index is 13.6. The molecule has 0 saturated carbocycles. The summed E-state index contributed by atoms with van der Waals surface area (Å²) in [5, 5.41) is 3.80. The molecule has 0 radical (unpaired) electrons. The van der Waals surface area contributed by atoms with Gasteiger partial charge in [-0.2, -0.15) is 13.2 Å². The van der Waals surface area contributed by atoms with Crippen LogP contribution in [0.15, 0.2) is 93.0 Å². The quantitative estimate of drug-likeness (QED) is 0.208. The summed E-state index contributed by atoms with van der Waals surface area (Å²) >= 11 is 0. The molecule has 0 aliphatic rings. The van der Waals surface area contributed by atoms with Gasteiger partial charge in [0.15, 0.2) is 0 Å². The average molecular weight is 611 g/mol. The number of nitrogens with zero attached hydrogens (tertiary/aromatic N) is 3. The summed E-state index contributed by atoms with van der Waals surface area (Å²) in [5.41, 5.74) is 1.80. The first kappa shape index (κ1) is 29.6.